The molecule has 3 heteroatoms. The first kappa shape index (κ1) is 13.4. The molecule has 18 heavy (non-hydrogen) atoms. The van der Waals surface area contributed by atoms with Crippen molar-refractivity contribution in [3.05, 3.63) is 34.9 Å². The smallest absolute Gasteiger partial charge is 0.225 e. The topological polar surface area (TPSA) is 20.3 Å². The van der Waals surface area contributed by atoms with Gasteiger partial charge in [-0.1, -0.05) is 43.0 Å². The lowest BCUT2D eigenvalue weighted by Gasteiger charge is -2.26. The van der Waals surface area contributed by atoms with E-state index in [1.807, 2.05) is 36.2 Å². The van der Waals surface area contributed by atoms with Crippen LogP contribution in [-0.2, 0) is 11.3 Å². The van der Waals surface area contributed by atoms with Crippen LogP contribution in [0.15, 0.2) is 24.3 Å². The Morgan fingerprint density at radius 1 is 1.33 bits per heavy atom. The lowest BCUT2D eigenvalue weighted by Crippen LogP contribution is -2.33. The predicted octanol–water partition coefficient (Wildman–Crippen LogP) is 3.88. The van der Waals surface area contributed by atoms with E-state index in [0.717, 1.165) is 23.4 Å². The molecule has 0 heterocycles. The number of rotatable bonds is 3. The number of hydrogen-bond acceptors (Lipinski definition) is 1. The van der Waals surface area contributed by atoms with Crippen molar-refractivity contribution in [2.75, 3.05) is 7.05 Å². The third-order valence-corrected chi connectivity index (χ3v) is 3.87. The van der Waals surface area contributed by atoms with Gasteiger partial charge in [0.15, 0.2) is 0 Å². The number of carbonyl (C=O) groups is 1. The van der Waals surface area contributed by atoms with E-state index in [9.17, 15) is 4.79 Å². The number of hydrogen-bond donors (Lipinski definition) is 0. The molecule has 1 fully saturated rings. The van der Waals surface area contributed by atoms with E-state index in [0.29, 0.717) is 6.54 Å². The third kappa shape index (κ3) is 3.49. The van der Waals surface area contributed by atoms with Crippen LogP contribution < -0.4 is 0 Å². The highest BCUT2D eigenvalue weighted by Gasteiger charge is 2.23. The van der Waals surface area contributed by atoms with Crippen molar-refractivity contribution >= 4 is 17.5 Å². The van der Waals surface area contributed by atoms with Gasteiger partial charge in [-0.15, -0.1) is 0 Å². The lowest BCUT2D eigenvalue weighted by atomic mass is 9.88. The summed E-state index contributed by atoms with van der Waals surface area (Å²) in [6, 6.07) is 7.72. The monoisotopic (exact) mass is 265 g/mol. The van der Waals surface area contributed by atoms with E-state index in [4.69, 9.17) is 11.6 Å². The minimum atomic E-state index is 0.239. The maximum Gasteiger partial charge on any atom is 0.225 e. The van der Waals surface area contributed by atoms with Gasteiger partial charge in [-0.25, -0.2) is 0 Å². The molecule has 98 valence electrons. The molecule has 1 aromatic rings. The normalized spacial score (nSPS) is 16.6. The maximum atomic E-state index is 12.3. The van der Waals surface area contributed by atoms with E-state index >= 15 is 0 Å². The first-order valence-corrected chi connectivity index (χ1v) is 7.04. The summed E-state index contributed by atoms with van der Waals surface area (Å²) in [5, 5.41) is 0.728. The summed E-state index contributed by atoms with van der Waals surface area (Å²) >= 11 is 5.95. The van der Waals surface area contributed by atoms with Gasteiger partial charge in [0, 0.05) is 24.5 Å². The van der Waals surface area contributed by atoms with Crippen LogP contribution in [0.5, 0.6) is 0 Å². The van der Waals surface area contributed by atoms with Gasteiger partial charge >= 0.3 is 0 Å². The van der Waals surface area contributed by atoms with Crippen LogP contribution in [0.3, 0.4) is 0 Å². The summed E-state index contributed by atoms with van der Waals surface area (Å²) in [7, 11) is 1.89. The molecule has 1 aromatic carbocycles. The van der Waals surface area contributed by atoms with Gasteiger partial charge in [-0.05, 0) is 30.5 Å². The van der Waals surface area contributed by atoms with Crippen molar-refractivity contribution in [1.29, 1.82) is 0 Å². The van der Waals surface area contributed by atoms with Gasteiger partial charge in [0.25, 0.3) is 0 Å². The minimum Gasteiger partial charge on any atom is -0.341 e. The summed E-state index contributed by atoms with van der Waals surface area (Å²) in [5.41, 5.74) is 1.09. The molecular formula is C15H20ClNO. The second-order valence-corrected chi connectivity index (χ2v) is 5.60. The Kier molecular flexibility index (Phi) is 4.65. The van der Waals surface area contributed by atoms with Crippen LogP contribution in [0.1, 0.15) is 37.7 Å². The first-order valence-electron chi connectivity index (χ1n) is 6.66. The van der Waals surface area contributed by atoms with E-state index < -0.39 is 0 Å². The second-order valence-electron chi connectivity index (χ2n) is 5.16. The predicted molar refractivity (Wildman–Crippen MR) is 74.5 cm³/mol. The first-order chi connectivity index (χ1) is 8.66. The van der Waals surface area contributed by atoms with Crippen LogP contribution in [-0.4, -0.2) is 17.9 Å². The fourth-order valence-electron chi connectivity index (χ4n) is 2.65. The van der Waals surface area contributed by atoms with Gasteiger partial charge in [0.2, 0.25) is 5.91 Å². The molecule has 0 N–H and O–H groups in total. The molecule has 0 aromatic heterocycles. The average Bonchev–Trinajstić information content (AvgIpc) is 2.39. The van der Waals surface area contributed by atoms with E-state index in [1.165, 1.54) is 19.3 Å². The average molecular weight is 266 g/mol. The highest BCUT2D eigenvalue weighted by Crippen LogP contribution is 2.25. The van der Waals surface area contributed by atoms with Crippen LogP contribution in [0.2, 0.25) is 5.02 Å². The molecule has 0 spiro atoms. The van der Waals surface area contributed by atoms with Gasteiger partial charge in [0.1, 0.15) is 0 Å². The van der Waals surface area contributed by atoms with Crippen molar-refractivity contribution in [1.82, 2.24) is 4.90 Å². The number of nitrogens with zero attached hydrogens (tertiary/aromatic N) is 1. The second kappa shape index (κ2) is 6.24. The van der Waals surface area contributed by atoms with Crippen LogP contribution in [0.4, 0.5) is 0 Å². The van der Waals surface area contributed by atoms with E-state index in [2.05, 4.69) is 0 Å². The van der Waals surface area contributed by atoms with Crippen LogP contribution in [0.25, 0.3) is 0 Å². The zero-order valence-electron chi connectivity index (χ0n) is 10.9. The zero-order chi connectivity index (χ0) is 13.0. The molecule has 1 aliphatic carbocycles. The molecule has 1 amide bonds. The van der Waals surface area contributed by atoms with Crippen LogP contribution >= 0.6 is 11.6 Å². The summed E-state index contributed by atoms with van der Waals surface area (Å²) in [6.07, 6.45) is 5.78. The van der Waals surface area contributed by atoms with E-state index in [-0.39, 0.29) is 11.8 Å². The van der Waals surface area contributed by atoms with Gasteiger partial charge < -0.3 is 4.90 Å². The van der Waals surface area contributed by atoms with Crippen molar-refractivity contribution in [2.24, 2.45) is 5.92 Å². The van der Waals surface area contributed by atoms with Gasteiger partial charge in [-0.2, -0.15) is 0 Å². The molecule has 0 atom stereocenters. The zero-order valence-corrected chi connectivity index (χ0v) is 11.6. The highest BCUT2D eigenvalue weighted by atomic mass is 35.5. The highest BCUT2D eigenvalue weighted by molar-refractivity contribution is 6.30. The number of halogens is 1. The van der Waals surface area contributed by atoms with Crippen molar-refractivity contribution in [2.45, 2.75) is 38.6 Å². The van der Waals surface area contributed by atoms with Crippen molar-refractivity contribution < 1.29 is 4.79 Å². The summed E-state index contributed by atoms with van der Waals surface area (Å²) < 4.78 is 0. The van der Waals surface area contributed by atoms with Crippen molar-refractivity contribution in [3.63, 3.8) is 0 Å². The minimum absolute atomic E-state index is 0.239. The Bertz CT molecular complexity index is 413. The molecule has 0 bridgehead atoms. The molecular weight excluding hydrogens is 246 g/mol. The molecule has 0 aliphatic heterocycles. The summed E-state index contributed by atoms with van der Waals surface area (Å²) in [5.74, 6) is 0.526. The van der Waals surface area contributed by atoms with Gasteiger partial charge in [-0.3, -0.25) is 4.79 Å². The summed E-state index contributed by atoms with van der Waals surface area (Å²) in [4.78, 5) is 14.1. The van der Waals surface area contributed by atoms with Crippen molar-refractivity contribution in [3.8, 4) is 0 Å². The van der Waals surface area contributed by atoms with Crippen LogP contribution in [0, 0.1) is 5.92 Å². The summed E-state index contributed by atoms with van der Waals surface area (Å²) in [6.45, 7) is 0.649. The number of carbonyl (C=O) groups excluding carboxylic acids is 1. The fraction of sp³-hybridized carbons (Fsp3) is 0.533. The molecule has 0 saturated heterocycles. The Morgan fingerprint density at radius 3 is 2.72 bits per heavy atom. The number of benzene rings is 1. The molecule has 0 unspecified atom stereocenters. The third-order valence-electron chi connectivity index (χ3n) is 3.64. The van der Waals surface area contributed by atoms with Gasteiger partial charge in [0.05, 0.1) is 0 Å². The molecule has 2 rings (SSSR count). The number of amides is 1. The Morgan fingerprint density at radius 2 is 2.06 bits per heavy atom. The standard InChI is InChI=1S/C15H20ClNO/c1-17(11-12-6-5-9-14(16)10-12)15(18)13-7-3-2-4-8-13/h5-6,9-10,13H,2-4,7-8,11H2,1H3. The SMILES string of the molecule is CN(Cc1cccc(Cl)c1)C(=O)C1CCCCC1. The fourth-order valence-corrected chi connectivity index (χ4v) is 2.86. The Labute approximate surface area is 114 Å². The quantitative estimate of drug-likeness (QED) is 0.812. The molecule has 1 saturated carbocycles. The molecule has 1 aliphatic rings. The Balaban J connectivity index is 1.94. The maximum absolute atomic E-state index is 12.3. The Hall–Kier alpha value is -1.02. The lowest BCUT2D eigenvalue weighted by molar-refractivity contribution is -0.135. The molecule has 0 radical (unpaired) electrons. The largest absolute Gasteiger partial charge is 0.341 e. The molecule has 2 nitrogen and oxygen atoms in total. The van der Waals surface area contributed by atoms with E-state index in [1.54, 1.807) is 0 Å².